The van der Waals surface area contributed by atoms with Gasteiger partial charge in [0.05, 0.1) is 20.3 Å². The first-order valence-corrected chi connectivity index (χ1v) is 8.55. The second-order valence-corrected chi connectivity index (χ2v) is 6.12. The Kier molecular flexibility index (Phi) is 6.24. The van der Waals surface area contributed by atoms with Gasteiger partial charge >= 0.3 is 0 Å². The van der Waals surface area contributed by atoms with Gasteiger partial charge in [0.15, 0.2) is 0 Å². The quantitative estimate of drug-likeness (QED) is 0.848. The first-order chi connectivity index (χ1) is 11.8. The second-order valence-electron chi connectivity index (χ2n) is 6.12. The highest BCUT2D eigenvalue weighted by Gasteiger charge is 2.10. The highest BCUT2D eigenvalue weighted by molar-refractivity contribution is 5.33. The third kappa shape index (κ3) is 4.81. The lowest BCUT2D eigenvalue weighted by atomic mass is 10.1. The van der Waals surface area contributed by atoms with Crippen molar-refractivity contribution in [3.63, 3.8) is 0 Å². The number of para-hydroxylation sites is 1. The highest BCUT2D eigenvalue weighted by Crippen LogP contribution is 2.17. The molecule has 1 aliphatic rings. The van der Waals surface area contributed by atoms with Gasteiger partial charge in [0, 0.05) is 38.3 Å². The minimum atomic E-state index is 0.805. The van der Waals surface area contributed by atoms with E-state index in [1.54, 1.807) is 7.11 Å². The first-order valence-electron chi connectivity index (χ1n) is 8.55. The van der Waals surface area contributed by atoms with Gasteiger partial charge in [-0.2, -0.15) is 0 Å². The maximum absolute atomic E-state index is 5.39. The van der Waals surface area contributed by atoms with Crippen molar-refractivity contribution >= 4 is 0 Å². The van der Waals surface area contributed by atoms with Gasteiger partial charge < -0.3 is 14.8 Å². The monoisotopic (exact) mass is 326 g/mol. The van der Waals surface area contributed by atoms with Gasteiger partial charge in [0.25, 0.3) is 0 Å². The highest BCUT2D eigenvalue weighted by atomic mass is 16.5. The Bertz CT molecular complexity index is 622. The molecule has 1 heterocycles. The Balaban J connectivity index is 1.47. The summed E-state index contributed by atoms with van der Waals surface area (Å²) in [5.74, 6) is 0.936. The molecule has 128 valence electrons. The van der Waals surface area contributed by atoms with Crippen molar-refractivity contribution in [2.45, 2.75) is 19.6 Å². The predicted molar refractivity (Wildman–Crippen MR) is 96.1 cm³/mol. The molecule has 1 aliphatic heterocycles. The molecule has 2 aromatic carbocycles. The summed E-state index contributed by atoms with van der Waals surface area (Å²) in [6.07, 6.45) is 0. The smallest absolute Gasteiger partial charge is 0.123 e. The van der Waals surface area contributed by atoms with Crippen molar-refractivity contribution in [1.82, 2.24) is 10.2 Å². The van der Waals surface area contributed by atoms with Crippen molar-refractivity contribution < 1.29 is 9.47 Å². The van der Waals surface area contributed by atoms with Gasteiger partial charge in [-0.1, -0.05) is 42.5 Å². The van der Waals surface area contributed by atoms with E-state index in [4.69, 9.17) is 9.47 Å². The van der Waals surface area contributed by atoms with Crippen LogP contribution < -0.4 is 10.1 Å². The molecule has 0 spiro atoms. The molecule has 0 saturated carbocycles. The molecule has 0 bridgehead atoms. The van der Waals surface area contributed by atoms with Crippen LogP contribution in [-0.4, -0.2) is 38.3 Å². The van der Waals surface area contributed by atoms with E-state index in [1.807, 2.05) is 18.2 Å². The van der Waals surface area contributed by atoms with Crippen LogP contribution in [0.4, 0.5) is 0 Å². The van der Waals surface area contributed by atoms with Gasteiger partial charge in [-0.15, -0.1) is 0 Å². The van der Waals surface area contributed by atoms with Crippen molar-refractivity contribution in [3.8, 4) is 5.75 Å². The van der Waals surface area contributed by atoms with Gasteiger partial charge in [-0.25, -0.2) is 0 Å². The summed E-state index contributed by atoms with van der Waals surface area (Å²) in [7, 11) is 1.71. The maximum atomic E-state index is 5.39. The fraction of sp³-hybridized carbons (Fsp3) is 0.400. The van der Waals surface area contributed by atoms with Crippen LogP contribution in [0, 0.1) is 0 Å². The Morgan fingerprint density at radius 2 is 1.67 bits per heavy atom. The summed E-state index contributed by atoms with van der Waals surface area (Å²) in [6, 6.07) is 17.0. The number of hydrogen-bond donors (Lipinski definition) is 1. The minimum Gasteiger partial charge on any atom is -0.496 e. The van der Waals surface area contributed by atoms with Crippen LogP contribution in [0.2, 0.25) is 0 Å². The topological polar surface area (TPSA) is 33.7 Å². The van der Waals surface area contributed by atoms with Crippen LogP contribution in [0.25, 0.3) is 0 Å². The van der Waals surface area contributed by atoms with Crippen LogP contribution in [0.15, 0.2) is 48.5 Å². The number of hydrogen-bond acceptors (Lipinski definition) is 4. The van der Waals surface area contributed by atoms with E-state index in [0.29, 0.717) is 0 Å². The molecule has 1 saturated heterocycles. The molecule has 24 heavy (non-hydrogen) atoms. The Labute approximate surface area is 144 Å². The van der Waals surface area contributed by atoms with Gasteiger partial charge in [0.2, 0.25) is 0 Å². The lowest BCUT2D eigenvalue weighted by Crippen LogP contribution is -2.35. The molecular weight excluding hydrogens is 300 g/mol. The van der Waals surface area contributed by atoms with E-state index in [0.717, 1.165) is 51.7 Å². The number of morpholine rings is 1. The number of nitrogens with zero attached hydrogens (tertiary/aromatic N) is 1. The standard InChI is InChI=1S/C20H26N2O2/c1-23-20-5-3-2-4-19(20)15-21-14-17-6-8-18(9-7-17)16-22-10-12-24-13-11-22/h2-9,21H,10-16H2,1H3. The molecule has 3 rings (SSSR count). The van der Waals surface area contributed by atoms with E-state index in [1.165, 1.54) is 16.7 Å². The zero-order valence-corrected chi connectivity index (χ0v) is 14.3. The van der Waals surface area contributed by atoms with Crippen molar-refractivity contribution in [2.24, 2.45) is 0 Å². The summed E-state index contributed by atoms with van der Waals surface area (Å²) >= 11 is 0. The number of ether oxygens (including phenoxy) is 2. The molecule has 0 radical (unpaired) electrons. The Morgan fingerprint density at radius 3 is 2.42 bits per heavy atom. The second kappa shape index (κ2) is 8.83. The molecule has 4 heteroatoms. The summed E-state index contributed by atoms with van der Waals surface area (Å²) < 4.78 is 10.8. The van der Waals surface area contributed by atoms with Crippen LogP contribution in [0.1, 0.15) is 16.7 Å². The Hall–Kier alpha value is -1.88. The fourth-order valence-corrected chi connectivity index (χ4v) is 2.97. The minimum absolute atomic E-state index is 0.805. The third-order valence-electron chi connectivity index (χ3n) is 4.37. The average Bonchev–Trinajstić information content (AvgIpc) is 2.64. The third-order valence-corrected chi connectivity index (χ3v) is 4.37. The molecule has 0 aliphatic carbocycles. The zero-order chi connectivity index (χ0) is 16.6. The summed E-state index contributed by atoms with van der Waals surface area (Å²) in [5, 5.41) is 3.49. The summed E-state index contributed by atoms with van der Waals surface area (Å²) in [5.41, 5.74) is 3.85. The van der Waals surface area contributed by atoms with E-state index < -0.39 is 0 Å². The van der Waals surface area contributed by atoms with E-state index in [2.05, 4.69) is 40.5 Å². The van der Waals surface area contributed by atoms with E-state index >= 15 is 0 Å². The van der Waals surface area contributed by atoms with Crippen LogP contribution >= 0.6 is 0 Å². The number of rotatable bonds is 7. The van der Waals surface area contributed by atoms with Crippen LogP contribution in [-0.2, 0) is 24.4 Å². The average molecular weight is 326 g/mol. The lowest BCUT2D eigenvalue weighted by molar-refractivity contribution is 0.0342. The fourth-order valence-electron chi connectivity index (χ4n) is 2.97. The van der Waals surface area contributed by atoms with Crippen LogP contribution in [0.3, 0.4) is 0 Å². The van der Waals surface area contributed by atoms with Crippen LogP contribution in [0.5, 0.6) is 5.75 Å². The first kappa shape index (κ1) is 17.0. The molecule has 4 nitrogen and oxygen atoms in total. The number of benzene rings is 2. The molecule has 0 amide bonds. The predicted octanol–water partition coefficient (Wildman–Crippen LogP) is 2.82. The van der Waals surface area contributed by atoms with Gasteiger partial charge in [0.1, 0.15) is 5.75 Å². The number of nitrogens with one attached hydrogen (secondary N) is 1. The maximum Gasteiger partial charge on any atom is 0.123 e. The molecule has 0 aromatic heterocycles. The molecule has 1 fully saturated rings. The van der Waals surface area contributed by atoms with Crippen molar-refractivity contribution in [2.75, 3.05) is 33.4 Å². The lowest BCUT2D eigenvalue weighted by Gasteiger charge is -2.26. The molecule has 1 N–H and O–H groups in total. The zero-order valence-electron chi connectivity index (χ0n) is 14.3. The molecular formula is C20H26N2O2. The van der Waals surface area contributed by atoms with E-state index in [-0.39, 0.29) is 0 Å². The van der Waals surface area contributed by atoms with Crippen molar-refractivity contribution in [1.29, 1.82) is 0 Å². The Morgan fingerprint density at radius 1 is 0.958 bits per heavy atom. The number of methoxy groups -OCH3 is 1. The van der Waals surface area contributed by atoms with Crippen molar-refractivity contribution in [3.05, 3.63) is 65.2 Å². The molecule has 2 aromatic rings. The SMILES string of the molecule is COc1ccccc1CNCc1ccc(CN2CCOCC2)cc1. The normalized spacial score (nSPS) is 15.4. The van der Waals surface area contributed by atoms with Gasteiger partial charge in [-0.3, -0.25) is 4.90 Å². The molecule has 0 atom stereocenters. The van der Waals surface area contributed by atoms with Gasteiger partial charge in [-0.05, 0) is 17.2 Å². The largest absolute Gasteiger partial charge is 0.496 e. The summed E-state index contributed by atoms with van der Waals surface area (Å²) in [4.78, 5) is 2.44. The summed E-state index contributed by atoms with van der Waals surface area (Å²) in [6.45, 7) is 6.44. The van der Waals surface area contributed by atoms with E-state index in [9.17, 15) is 0 Å². The molecule has 0 unspecified atom stereocenters.